The van der Waals surface area contributed by atoms with Gasteiger partial charge in [-0.3, -0.25) is 4.79 Å². The first-order valence-electron chi connectivity index (χ1n) is 13.5. The van der Waals surface area contributed by atoms with E-state index in [1.54, 1.807) is 20.8 Å². The Bertz CT molecular complexity index is 1200. The number of carbonyl (C=O) groups excluding carboxylic acids is 3. The molecule has 0 unspecified atom stereocenters. The van der Waals surface area contributed by atoms with E-state index in [1.807, 2.05) is 52.8 Å². The highest BCUT2D eigenvalue weighted by Crippen LogP contribution is 2.30. The lowest BCUT2D eigenvalue weighted by atomic mass is 9.95. The fraction of sp³-hybridized carbons (Fsp3) is 0.552. The third-order valence-electron chi connectivity index (χ3n) is 5.36. The molecule has 0 bridgehead atoms. The number of hydrogen-bond donors (Lipinski definition) is 3. The summed E-state index contributed by atoms with van der Waals surface area (Å²) >= 11 is 1.48. The van der Waals surface area contributed by atoms with Crippen molar-refractivity contribution < 1.29 is 23.9 Å². The molecule has 10 nitrogen and oxygen atoms in total. The maximum atomic E-state index is 12.8. The maximum absolute atomic E-state index is 12.8. The predicted octanol–water partition coefficient (Wildman–Crippen LogP) is 5.07. The second-order valence-corrected chi connectivity index (χ2v) is 12.5. The van der Waals surface area contributed by atoms with Gasteiger partial charge >= 0.3 is 12.1 Å². The molecule has 2 amide bonds. The number of ether oxygens (including phenoxy) is 2. The van der Waals surface area contributed by atoms with Crippen LogP contribution in [0, 0.1) is 6.92 Å². The topological polar surface area (TPSA) is 146 Å². The zero-order valence-electron chi connectivity index (χ0n) is 24.9. The molecule has 0 fully saturated rings. The minimum Gasteiger partial charge on any atom is -0.456 e. The summed E-state index contributed by atoms with van der Waals surface area (Å²) < 4.78 is 10.8. The molecule has 0 spiro atoms. The fourth-order valence-electron chi connectivity index (χ4n) is 3.68. The molecule has 1 aromatic carbocycles. The van der Waals surface area contributed by atoms with E-state index in [0.717, 1.165) is 23.1 Å². The third kappa shape index (κ3) is 11.4. The molecule has 0 aliphatic carbocycles. The van der Waals surface area contributed by atoms with E-state index in [4.69, 9.17) is 15.2 Å². The Morgan fingerprint density at radius 3 is 2.23 bits per heavy atom. The van der Waals surface area contributed by atoms with Crippen LogP contribution in [-0.4, -0.2) is 58.0 Å². The van der Waals surface area contributed by atoms with Crippen molar-refractivity contribution in [3.8, 4) is 11.3 Å². The predicted molar refractivity (Wildman–Crippen MR) is 158 cm³/mol. The minimum atomic E-state index is -0.607. The number of nitrogen functional groups attached to an aromatic ring is 1. The van der Waals surface area contributed by atoms with Gasteiger partial charge in [0, 0.05) is 25.1 Å². The monoisotopic (exact) mass is 573 g/mol. The third-order valence-corrected chi connectivity index (χ3v) is 6.36. The lowest BCUT2D eigenvalue weighted by Gasteiger charge is -2.21. The number of alkyl carbamates (subject to hydrolysis) is 1. The second-order valence-electron chi connectivity index (χ2n) is 11.4. The summed E-state index contributed by atoms with van der Waals surface area (Å²) in [4.78, 5) is 45.4. The van der Waals surface area contributed by atoms with Crippen LogP contribution in [0.4, 0.5) is 10.7 Å². The number of aryl methyl sites for hydroxylation is 2. The largest absolute Gasteiger partial charge is 0.456 e. The summed E-state index contributed by atoms with van der Waals surface area (Å²) in [5.74, 6) is 0.300. The first-order valence-corrected chi connectivity index (χ1v) is 14.4. The van der Waals surface area contributed by atoms with Gasteiger partial charge in [0.05, 0.1) is 11.3 Å². The molecule has 0 radical (unpaired) electrons. The molecule has 220 valence electrons. The van der Waals surface area contributed by atoms with Crippen LogP contribution in [0.25, 0.3) is 11.3 Å². The average molecular weight is 574 g/mol. The van der Waals surface area contributed by atoms with Crippen LogP contribution < -0.4 is 16.4 Å². The number of thioether (sulfide) groups is 1. The highest BCUT2D eigenvalue weighted by molar-refractivity contribution is 7.99. The Balaban J connectivity index is 1.97. The molecular weight excluding hydrogens is 530 g/mol. The van der Waals surface area contributed by atoms with Crippen molar-refractivity contribution in [3.63, 3.8) is 0 Å². The molecule has 0 aliphatic rings. The smallest absolute Gasteiger partial charge is 0.407 e. The van der Waals surface area contributed by atoms with Crippen LogP contribution in [0.1, 0.15) is 82.8 Å². The number of benzene rings is 1. The molecule has 40 heavy (non-hydrogen) atoms. The normalized spacial score (nSPS) is 11.6. The lowest BCUT2D eigenvalue weighted by Crippen LogP contribution is -2.37. The number of hydrogen-bond acceptors (Lipinski definition) is 9. The number of anilines is 1. The van der Waals surface area contributed by atoms with Crippen LogP contribution in [0.15, 0.2) is 23.2 Å². The minimum absolute atomic E-state index is 0.101. The molecule has 11 heteroatoms. The molecule has 2 aromatic rings. The molecule has 2 rings (SSSR count). The summed E-state index contributed by atoms with van der Waals surface area (Å²) in [6.45, 7) is 15.4. The summed E-state index contributed by atoms with van der Waals surface area (Å²) in [6.07, 6.45) is 1.20. The summed E-state index contributed by atoms with van der Waals surface area (Å²) in [7, 11) is 0. The number of rotatable bonds is 11. The van der Waals surface area contributed by atoms with Crippen LogP contribution in [0.3, 0.4) is 0 Å². The molecule has 0 atom stereocenters. The lowest BCUT2D eigenvalue weighted by molar-refractivity contribution is -0.121. The van der Waals surface area contributed by atoms with Gasteiger partial charge in [-0.05, 0) is 90.3 Å². The van der Waals surface area contributed by atoms with E-state index in [-0.39, 0.29) is 24.4 Å². The first kappa shape index (κ1) is 32.9. The van der Waals surface area contributed by atoms with E-state index in [2.05, 4.69) is 20.6 Å². The van der Waals surface area contributed by atoms with Crippen molar-refractivity contribution in [2.45, 2.75) is 90.9 Å². The van der Waals surface area contributed by atoms with Gasteiger partial charge in [0.2, 0.25) is 11.9 Å². The van der Waals surface area contributed by atoms with Gasteiger partial charge in [-0.15, -0.1) is 11.8 Å². The van der Waals surface area contributed by atoms with Crippen molar-refractivity contribution in [2.24, 2.45) is 0 Å². The van der Waals surface area contributed by atoms with Gasteiger partial charge in [0.1, 0.15) is 16.2 Å². The van der Waals surface area contributed by atoms with E-state index in [9.17, 15) is 14.4 Å². The number of esters is 1. The van der Waals surface area contributed by atoms with Crippen molar-refractivity contribution in [1.82, 2.24) is 20.6 Å². The standard InChI is InChI=1S/C29H43N5O5S/c1-9-19-15-18(2)20(25(36)38-28(3,4)5)16-21(19)22-17-24(34-26(30)33-22)40-14-10-11-23(35)31-12-13-32-27(37)39-29(6,7)8/h15-17H,9-14H2,1-8H3,(H,31,35)(H,32,37)(H2,30,33,34). The van der Waals surface area contributed by atoms with Gasteiger partial charge in [0.25, 0.3) is 0 Å². The maximum Gasteiger partial charge on any atom is 0.407 e. The first-order chi connectivity index (χ1) is 18.6. The zero-order chi connectivity index (χ0) is 30.1. The van der Waals surface area contributed by atoms with E-state index < -0.39 is 17.3 Å². The Labute approximate surface area is 241 Å². The zero-order valence-corrected chi connectivity index (χ0v) is 25.7. The van der Waals surface area contributed by atoms with Gasteiger partial charge < -0.3 is 25.8 Å². The Kier molecular flexibility index (Phi) is 11.8. The molecular formula is C29H43N5O5S. The summed E-state index contributed by atoms with van der Waals surface area (Å²) in [5.41, 5.74) is 8.67. The molecule has 0 aliphatic heterocycles. The van der Waals surface area contributed by atoms with E-state index in [0.29, 0.717) is 41.4 Å². The highest BCUT2D eigenvalue weighted by atomic mass is 32.2. The summed E-state index contributed by atoms with van der Waals surface area (Å²) in [5, 5.41) is 6.08. The number of amides is 2. The number of nitrogens with zero attached hydrogens (tertiary/aromatic N) is 2. The van der Waals surface area contributed by atoms with Gasteiger partial charge in [-0.25, -0.2) is 19.6 Å². The van der Waals surface area contributed by atoms with Gasteiger partial charge in [0.15, 0.2) is 0 Å². The number of nitrogens with one attached hydrogen (secondary N) is 2. The highest BCUT2D eigenvalue weighted by Gasteiger charge is 2.22. The van der Waals surface area contributed by atoms with Crippen LogP contribution in [0.5, 0.6) is 0 Å². The molecule has 4 N–H and O–H groups in total. The number of nitrogens with two attached hydrogens (primary N) is 1. The van der Waals surface area contributed by atoms with E-state index in [1.165, 1.54) is 11.8 Å². The van der Waals surface area contributed by atoms with Crippen molar-refractivity contribution in [3.05, 3.63) is 34.9 Å². The second kappa shape index (κ2) is 14.3. The van der Waals surface area contributed by atoms with Crippen molar-refractivity contribution in [1.29, 1.82) is 0 Å². The Morgan fingerprint density at radius 1 is 0.950 bits per heavy atom. The summed E-state index contributed by atoms with van der Waals surface area (Å²) in [6, 6.07) is 5.66. The molecule has 0 saturated carbocycles. The van der Waals surface area contributed by atoms with Crippen molar-refractivity contribution >= 4 is 35.7 Å². The quantitative estimate of drug-likeness (QED) is 0.145. The Morgan fingerprint density at radius 2 is 1.60 bits per heavy atom. The van der Waals surface area contributed by atoms with Gasteiger partial charge in [-0.1, -0.05) is 13.0 Å². The number of carbonyl (C=O) groups is 3. The van der Waals surface area contributed by atoms with Gasteiger partial charge in [-0.2, -0.15) is 0 Å². The van der Waals surface area contributed by atoms with Crippen LogP contribution >= 0.6 is 11.8 Å². The van der Waals surface area contributed by atoms with Crippen molar-refractivity contribution in [2.75, 3.05) is 24.6 Å². The SMILES string of the molecule is CCc1cc(C)c(C(=O)OC(C)(C)C)cc1-c1cc(SCCCC(=O)NCCNC(=O)OC(C)(C)C)nc(N)n1. The molecule has 0 saturated heterocycles. The van der Waals surface area contributed by atoms with Crippen LogP contribution in [-0.2, 0) is 20.7 Å². The van der Waals surface area contributed by atoms with Crippen LogP contribution in [0.2, 0.25) is 0 Å². The average Bonchev–Trinajstić information content (AvgIpc) is 2.81. The Hall–Kier alpha value is -3.34. The number of aromatic nitrogens is 2. The molecule has 1 aromatic heterocycles. The van der Waals surface area contributed by atoms with E-state index >= 15 is 0 Å². The fourth-order valence-corrected chi connectivity index (χ4v) is 4.54. The molecule has 1 heterocycles.